The van der Waals surface area contributed by atoms with Crippen molar-refractivity contribution >= 4 is 33.2 Å². The standard InChI is InChI=1S/C18H12N4O5S/c1-10(26-18(23)12-4-7-14-15(8-12)28-9-19-14)16-20-21-17(27-16)11-2-5-13(6-3-11)22(24)25/h2-10H,1H3/t10-/m1/s1. The number of esters is 1. The Hall–Kier alpha value is -3.66. The summed E-state index contributed by atoms with van der Waals surface area (Å²) in [6, 6.07) is 10.8. The van der Waals surface area contributed by atoms with Crippen LogP contribution in [-0.2, 0) is 4.74 Å². The average molecular weight is 396 g/mol. The van der Waals surface area contributed by atoms with Crippen LogP contribution < -0.4 is 0 Å². The molecular formula is C18H12N4O5S. The van der Waals surface area contributed by atoms with Crippen molar-refractivity contribution in [2.45, 2.75) is 13.0 Å². The number of carbonyl (C=O) groups is 1. The van der Waals surface area contributed by atoms with E-state index >= 15 is 0 Å². The van der Waals surface area contributed by atoms with E-state index in [1.807, 2.05) is 0 Å². The van der Waals surface area contributed by atoms with Crippen LogP contribution in [0.5, 0.6) is 0 Å². The number of aromatic nitrogens is 3. The van der Waals surface area contributed by atoms with Crippen LogP contribution >= 0.6 is 11.3 Å². The van der Waals surface area contributed by atoms with Gasteiger partial charge in [-0.25, -0.2) is 9.78 Å². The number of hydrogen-bond donors (Lipinski definition) is 0. The molecule has 2 heterocycles. The maximum absolute atomic E-state index is 12.4. The van der Waals surface area contributed by atoms with Crippen molar-refractivity contribution in [3.05, 3.63) is 69.5 Å². The van der Waals surface area contributed by atoms with Crippen molar-refractivity contribution in [3.8, 4) is 11.5 Å². The van der Waals surface area contributed by atoms with Crippen LogP contribution in [-0.4, -0.2) is 26.1 Å². The van der Waals surface area contributed by atoms with Gasteiger partial charge in [-0.1, -0.05) is 0 Å². The number of nitro benzene ring substituents is 1. The Morgan fingerprint density at radius 3 is 2.75 bits per heavy atom. The van der Waals surface area contributed by atoms with E-state index in [9.17, 15) is 14.9 Å². The summed E-state index contributed by atoms with van der Waals surface area (Å²) in [5, 5.41) is 18.5. The van der Waals surface area contributed by atoms with E-state index in [1.165, 1.54) is 35.6 Å². The van der Waals surface area contributed by atoms with Gasteiger partial charge in [-0.15, -0.1) is 21.5 Å². The molecule has 0 aliphatic rings. The van der Waals surface area contributed by atoms with Gasteiger partial charge in [0.25, 0.3) is 11.6 Å². The molecule has 0 N–H and O–H groups in total. The topological polar surface area (TPSA) is 121 Å². The molecule has 0 spiro atoms. The zero-order valence-electron chi connectivity index (χ0n) is 14.4. The normalized spacial score (nSPS) is 12.0. The molecule has 0 bridgehead atoms. The van der Waals surface area contributed by atoms with Crippen LogP contribution in [0.25, 0.3) is 21.7 Å². The highest BCUT2D eigenvalue weighted by Crippen LogP contribution is 2.25. The molecule has 0 aliphatic heterocycles. The second kappa shape index (κ2) is 7.16. The summed E-state index contributed by atoms with van der Waals surface area (Å²) < 4.78 is 11.8. The molecule has 0 fully saturated rings. The highest BCUT2D eigenvalue weighted by atomic mass is 32.1. The highest BCUT2D eigenvalue weighted by Gasteiger charge is 2.20. The second-order valence-electron chi connectivity index (χ2n) is 5.83. The second-order valence-corrected chi connectivity index (χ2v) is 6.72. The SMILES string of the molecule is C[C@@H](OC(=O)c1ccc2ncsc2c1)c1nnc(-c2ccc([N+](=O)[O-])cc2)o1. The lowest BCUT2D eigenvalue weighted by Crippen LogP contribution is -2.09. The number of carbonyl (C=O) groups excluding carboxylic acids is 1. The van der Waals surface area contributed by atoms with Gasteiger partial charge in [-0.3, -0.25) is 10.1 Å². The molecule has 0 radical (unpaired) electrons. The molecule has 0 saturated heterocycles. The first-order valence-electron chi connectivity index (χ1n) is 8.14. The first kappa shape index (κ1) is 17.7. The Labute approximate surface area is 161 Å². The molecule has 0 amide bonds. The summed E-state index contributed by atoms with van der Waals surface area (Å²) >= 11 is 1.44. The van der Waals surface area contributed by atoms with Crippen LogP contribution in [0.2, 0.25) is 0 Å². The predicted octanol–water partition coefficient (Wildman–Crippen LogP) is 4.17. The molecular weight excluding hydrogens is 384 g/mol. The van der Waals surface area contributed by atoms with Crippen LogP contribution in [0, 0.1) is 10.1 Å². The minimum Gasteiger partial charge on any atom is -0.449 e. The van der Waals surface area contributed by atoms with E-state index in [1.54, 1.807) is 30.6 Å². The van der Waals surface area contributed by atoms with Crippen molar-refractivity contribution < 1.29 is 18.9 Å². The van der Waals surface area contributed by atoms with Gasteiger partial charge in [0, 0.05) is 17.7 Å². The first-order valence-corrected chi connectivity index (χ1v) is 9.01. The zero-order chi connectivity index (χ0) is 19.7. The highest BCUT2D eigenvalue weighted by molar-refractivity contribution is 7.16. The van der Waals surface area contributed by atoms with Gasteiger partial charge in [0.1, 0.15) is 0 Å². The molecule has 140 valence electrons. The van der Waals surface area contributed by atoms with Gasteiger partial charge < -0.3 is 9.15 Å². The molecule has 1 atom stereocenters. The van der Waals surface area contributed by atoms with E-state index in [2.05, 4.69) is 15.2 Å². The van der Waals surface area contributed by atoms with E-state index < -0.39 is 17.0 Å². The van der Waals surface area contributed by atoms with Crippen molar-refractivity contribution in [2.75, 3.05) is 0 Å². The lowest BCUT2D eigenvalue weighted by molar-refractivity contribution is -0.384. The summed E-state index contributed by atoms with van der Waals surface area (Å²) in [5.41, 5.74) is 3.42. The summed E-state index contributed by atoms with van der Waals surface area (Å²) in [7, 11) is 0. The predicted molar refractivity (Wildman–Crippen MR) is 99.8 cm³/mol. The number of nitrogens with zero attached hydrogens (tertiary/aromatic N) is 4. The van der Waals surface area contributed by atoms with Crippen LogP contribution in [0.4, 0.5) is 5.69 Å². The van der Waals surface area contributed by atoms with E-state index in [0.29, 0.717) is 11.1 Å². The molecule has 0 saturated carbocycles. The van der Waals surface area contributed by atoms with Crippen molar-refractivity contribution in [2.24, 2.45) is 0 Å². The number of thiazole rings is 1. The molecule has 4 rings (SSSR count). The van der Waals surface area contributed by atoms with E-state index in [-0.39, 0.29) is 17.5 Å². The number of benzene rings is 2. The van der Waals surface area contributed by atoms with Crippen molar-refractivity contribution in [3.63, 3.8) is 0 Å². The number of non-ortho nitro benzene ring substituents is 1. The summed E-state index contributed by atoms with van der Waals surface area (Å²) in [5.74, 6) is -0.211. The quantitative estimate of drug-likeness (QED) is 0.280. The molecule has 9 nitrogen and oxygen atoms in total. The zero-order valence-corrected chi connectivity index (χ0v) is 15.3. The summed E-state index contributed by atoms with van der Waals surface area (Å²) in [6.45, 7) is 1.62. The molecule has 28 heavy (non-hydrogen) atoms. The minimum atomic E-state index is -0.760. The van der Waals surface area contributed by atoms with Crippen LogP contribution in [0.3, 0.4) is 0 Å². The Bertz CT molecular complexity index is 1170. The summed E-state index contributed by atoms with van der Waals surface area (Å²) in [6.07, 6.45) is -0.760. The molecule has 2 aromatic carbocycles. The lowest BCUT2D eigenvalue weighted by atomic mass is 10.2. The first-order chi connectivity index (χ1) is 13.5. The molecule has 10 heteroatoms. The van der Waals surface area contributed by atoms with Gasteiger partial charge in [0.2, 0.25) is 5.89 Å². The van der Waals surface area contributed by atoms with Gasteiger partial charge >= 0.3 is 5.97 Å². The maximum Gasteiger partial charge on any atom is 0.338 e. The number of nitro groups is 1. The minimum absolute atomic E-state index is 0.0382. The fourth-order valence-corrected chi connectivity index (χ4v) is 3.22. The van der Waals surface area contributed by atoms with Gasteiger partial charge in [-0.05, 0) is 37.3 Å². The Morgan fingerprint density at radius 1 is 1.21 bits per heavy atom. The van der Waals surface area contributed by atoms with E-state index in [4.69, 9.17) is 9.15 Å². The maximum atomic E-state index is 12.4. The Kier molecular flexibility index (Phi) is 4.53. The fourth-order valence-electron chi connectivity index (χ4n) is 2.50. The Morgan fingerprint density at radius 2 is 2.00 bits per heavy atom. The third-order valence-electron chi connectivity index (χ3n) is 3.96. The summed E-state index contributed by atoms with van der Waals surface area (Å²) in [4.78, 5) is 26.8. The number of ether oxygens (including phenoxy) is 1. The Balaban J connectivity index is 1.48. The largest absolute Gasteiger partial charge is 0.449 e. The molecule has 2 aromatic heterocycles. The van der Waals surface area contributed by atoms with Gasteiger partial charge in [-0.2, -0.15) is 0 Å². The monoisotopic (exact) mass is 396 g/mol. The third kappa shape index (κ3) is 3.45. The molecule has 4 aromatic rings. The van der Waals surface area contributed by atoms with E-state index in [0.717, 1.165) is 10.2 Å². The fraction of sp³-hybridized carbons (Fsp3) is 0.111. The van der Waals surface area contributed by atoms with Crippen LogP contribution in [0.15, 0.2) is 52.4 Å². The smallest absolute Gasteiger partial charge is 0.338 e. The average Bonchev–Trinajstić information content (AvgIpc) is 3.37. The third-order valence-corrected chi connectivity index (χ3v) is 4.76. The molecule has 0 aliphatic carbocycles. The molecule has 0 unspecified atom stereocenters. The van der Waals surface area contributed by atoms with Gasteiger partial charge in [0.05, 0.1) is 26.2 Å². The number of hydrogen-bond acceptors (Lipinski definition) is 9. The lowest BCUT2D eigenvalue weighted by Gasteiger charge is -2.09. The van der Waals surface area contributed by atoms with Crippen LogP contribution in [0.1, 0.15) is 29.3 Å². The van der Waals surface area contributed by atoms with Crippen molar-refractivity contribution in [1.82, 2.24) is 15.2 Å². The number of fused-ring (bicyclic) bond motifs is 1. The van der Waals surface area contributed by atoms with Crippen molar-refractivity contribution in [1.29, 1.82) is 0 Å². The van der Waals surface area contributed by atoms with Gasteiger partial charge in [0.15, 0.2) is 6.10 Å². The number of rotatable bonds is 5.